The van der Waals surface area contributed by atoms with Gasteiger partial charge in [0.05, 0.1) is 17.1 Å². The van der Waals surface area contributed by atoms with Crippen molar-refractivity contribution in [3.8, 4) is 0 Å². The molecule has 1 aromatic heterocycles. The van der Waals surface area contributed by atoms with Crippen LogP contribution in [0.3, 0.4) is 0 Å². The average Bonchev–Trinajstić information content (AvgIpc) is 2.92. The predicted molar refractivity (Wildman–Crippen MR) is 116 cm³/mol. The molecule has 2 rings (SSSR count). The molecule has 0 aliphatic rings. The highest BCUT2D eigenvalue weighted by atomic mass is 32.2. The van der Waals surface area contributed by atoms with Crippen LogP contribution < -0.4 is 15.4 Å². The third-order valence-corrected chi connectivity index (χ3v) is 6.21. The fraction of sp³-hybridized carbons (Fsp3) is 0.500. The number of guanidine groups is 1. The molecule has 29 heavy (non-hydrogen) atoms. The Morgan fingerprint density at radius 2 is 2.03 bits per heavy atom. The van der Waals surface area contributed by atoms with Gasteiger partial charge in [-0.3, -0.25) is 4.68 Å². The van der Waals surface area contributed by atoms with Gasteiger partial charge < -0.3 is 10.6 Å². The van der Waals surface area contributed by atoms with Gasteiger partial charge >= 0.3 is 0 Å². The van der Waals surface area contributed by atoms with Crippen LogP contribution in [0.25, 0.3) is 0 Å². The van der Waals surface area contributed by atoms with Gasteiger partial charge in [-0.2, -0.15) is 5.10 Å². The van der Waals surface area contributed by atoms with Crippen LogP contribution in [-0.2, 0) is 30.0 Å². The van der Waals surface area contributed by atoms with Gasteiger partial charge in [-0.1, -0.05) is 12.1 Å². The average molecular weight is 421 g/mol. The first kappa shape index (κ1) is 22.9. The van der Waals surface area contributed by atoms with Crippen LogP contribution in [0, 0.1) is 13.8 Å². The third kappa shape index (κ3) is 6.04. The largest absolute Gasteiger partial charge is 0.357 e. The summed E-state index contributed by atoms with van der Waals surface area (Å²) in [4.78, 5) is 4.86. The molecular formula is C20H32N6O2S. The summed E-state index contributed by atoms with van der Waals surface area (Å²) < 4.78 is 28.2. The Morgan fingerprint density at radius 1 is 1.31 bits per heavy atom. The highest BCUT2D eigenvalue weighted by molar-refractivity contribution is 7.89. The topological polar surface area (TPSA) is 100 Å². The lowest BCUT2D eigenvalue weighted by Crippen LogP contribution is -2.43. The molecule has 2 aromatic rings. The molecule has 0 saturated heterocycles. The van der Waals surface area contributed by atoms with Crippen LogP contribution >= 0.6 is 0 Å². The van der Waals surface area contributed by atoms with Gasteiger partial charge in [0.2, 0.25) is 10.0 Å². The number of nitrogens with zero attached hydrogens (tertiary/aromatic N) is 3. The van der Waals surface area contributed by atoms with Crippen molar-refractivity contribution in [3.63, 3.8) is 0 Å². The summed E-state index contributed by atoms with van der Waals surface area (Å²) >= 11 is 0. The van der Waals surface area contributed by atoms with E-state index in [1.54, 1.807) is 18.2 Å². The zero-order valence-electron chi connectivity index (χ0n) is 18.1. The molecule has 0 aliphatic heterocycles. The second-order valence-electron chi connectivity index (χ2n) is 7.07. The van der Waals surface area contributed by atoms with Crippen LogP contribution in [0.5, 0.6) is 0 Å². The molecule has 0 aliphatic carbocycles. The lowest BCUT2D eigenvalue weighted by molar-refractivity contribution is 0.588. The smallest absolute Gasteiger partial charge is 0.240 e. The summed E-state index contributed by atoms with van der Waals surface area (Å²) in [5, 5.41) is 11.2. The summed E-state index contributed by atoms with van der Waals surface area (Å²) in [5.41, 5.74) is 4.28. The van der Waals surface area contributed by atoms with Gasteiger partial charge in [0.25, 0.3) is 0 Å². The van der Waals surface area contributed by atoms with Crippen molar-refractivity contribution in [1.82, 2.24) is 25.1 Å². The summed E-state index contributed by atoms with van der Waals surface area (Å²) in [6.07, 6.45) is 0.839. The van der Waals surface area contributed by atoms with E-state index < -0.39 is 10.0 Å². The van der Waals surface area contributed by atoms with E-state index in [1.807, 2.05) is 31.6 Å². The molecule has 0 spiro atoms. The molecule has 0 fully saturated rings. The predicted octanol–water partition coefficient (Wildman–Crippen LogP) is 1.63. The second-order valence-corrected chi connectivity index (χ2v) is 8.96. The fourth-order valence-electron chi connectivity index (χ4n) is 3.12. The van der Waals surface area contributed by atoms with Crippen molar-refractivity contribution in [2.45, 2.75) is 51.6 Å². The number of aliphatic imine (C=N–C) groups is 1. The minimum Gasteiger partial charge on any atom is -0.357 e. The Kier molecular flexibility index (Phi) is 7.80. The summed E-state index contributed by atoms with van der Waals surface area (Å²) in [7, 11) is -0.108. The molecule has 1 heterocycles. The van der Waals surface area contributed by atoms with Gasteiger partial charge in [-0.25, -0.2) is 18.1 Å². The zero-order chi connectivity index (χ0) is 21.6. The van der Waals surface area contributed by atoms with Gasteiger partial charge in [-0.05, 0) is 64.4 Å². The first-order valence-corrected chi connectivity index (χ1v) is 11.2. The molecule has 3 N–H and O–H groups in total. The fourth-order valence-corrected chi connectivity index (χ4v) is 3.92. The van der Waals surface area contributed by atoms with E-state index in [9.17, 15) is 8.42 Å². The molecule has 1 aromatic carbocycles. The molecule has 0 saturated carbocycles. The minimum absolute atomic E-state index is 0.158. The van der Waals surface area contributed by atoms with Crippen molar-refractivity contribution in [2.75, 3.05) is 13.6 Å². The maximum Gasteiger partial charge on any atom is 0.240 e. The summed E-state index contributed by atoms with van der Waals surface area (Å²) in [5.74, 6) is 0.695. The first-order valence-electron chi connectivity index (χ1n) is 9.74. The molecule has 8 nitrogen and oxygen atoms in total. The number of sulfonamides is 1. The van der Waals surface area contributed by atoms with E-state index in [0.29, 0.717) is 12.5 Å². The molecular weight excluding hydrogens is 388 g/mol. The second kappa shape index (κ2) is 9.89. The van der Waals surface area contributed by atoms with Crippen LogP contribution in [-0.4, -0.2) is 43.8 Å². The number of aromatic nitrogens is 2. The number of nitrogens with one attached hydrogen (secondary N) is 3. The Labute approximate surface area is 173 Å². The molecule has 9 heteroatoms. The van der Waals surface area contributed by atoms with E-state index >= 15 is 0 Å². The minimum atomic E-state index is -3.47. The van der Waals surface area contributed by atoms with Crippen LogP contribution in [0.4, 0.5) is 0 Å². The monoisotopic (exact) mass is 420 g/mol. The Bertz CT molecular complexity index is 965. The van der Waals surface area contributed by atoms with Gasteiger partial charge in [0, 0.05) is 25.3 Å². The normalized spacial score (nSPS) is 13.4. The van der Waals surface area contributed by atoms with E-state index in [1.165, 1.54) is 18.3 Å². The maximum absolute atomic E-state index is 12.0. The van der Waals surface area contributed by atoms with Crippen molar-refractivity contribution >= 4 is 16.0 Å². The molecule has 0 amide bonds. The lowest BCUT2D eigenvalue weighted by Gasteiger charge is -2.18. The quantitative estimate of drug-likeness (QED) is 0.445. The van der Waals surface area contributed by atoms with Crippen LogP contribution in [0.15, 0.2) is 34.2 Å². The Hall–Kier alpha value is -2.39. The van der Waals surface area contributed by atoms with Gasteiger partial charge in [-0.15, -0.1) is 0 Å². The van der Waals surface area contributed by atoms with Crippen molar-refractivity contribution in [2.24, 2.45) is 12.0 Å². The summed E-state index contributed by atoms with van der Waals surface area (Å²) in [6.45, 7) is 9.34. The van der Waals surface area contributed by atoms with Gasteiger partial charge in [0.15, 0.2) is 5.96 Å². The van der Waals surface area contributed by atoms with Crippen LogP contribution in [0.1, 0.15) is 36.4 Å². The Morgan fingerprint density at radius 3 is 2.62 bits per heavy atom. The lowest BCUT2D eigenvalue weighted by atomic mass is 10.1. The Balaban J connectivity index is 2.11. The van der Waals surface area contributed by atoms with E-state index in [0.717, 1.165) is 24.2 Å². The van der Waals surface area contributed by atoms with E-state index in [-0.39, 0.29) is 10.9 Å². The third-order valence-electron chi connectivity index (χ3n) is 4.79. The highest BCUT2D eigenvalue weighted by Gasteiger charge is 2.14. The standard InChI is InChI=1S/C20H32N6O2S/c1-7-22-20(24-14(2)11-19-15(3)25-26(6)16(19)4)23-13-17-9-8-10-18(12-17)29(27,28)21-5/h8-10,12,14,21H,7,11,13H2,1-6H3,(H2,22,23,24). The summed E-state index contributed by atoms with van der Waals surface area (Å²) in [6, 6.07) is 6.97. The molecule has 160 valence electrons. The highest BCUT2D eigenvalue weighted by Crippen LogP contribution is 2.14. The van der Waals surface area contributed by atoms with Crippen molar-refractivity contribution in [1.29, 1.82) is 0 Å². The molecule has 0 radical (unpaired) electrons. The van der Waals surface area contributed by atoms with E-state index in [4.69, 9.17) is 0 Å². The maximum atomic E-state index is 12.0. The van der Waals surface area contributed by atoms with Crippen LogP contribution in [0.2, 0.25) is 0 Å². The number of benzene rings is 1. The number of rotatable bonds is 8. The first-order chi connectivity index (χ1) is 13.7. The molecule has 0 bridgehead atoms. The number of hydrogen-bond acceptors (Lipinski definition) is 4. The van der Waals surface area contributed by atoms with Crippen molar-refractivity contribution in [3.05, 3.63) is 46.8 Å². The number of aryl methyl sites for hydroxylation is 2. The SMILES string of the molecule is CCNC(=NCc1cccc(S(=O)(=O)NC)c1)NC(C)Cc1c(C)nn(C)c1C. The van der Waals surface area contributed by atoms with Crippen molar-refractivity contribution < 1.29 is 8.42 Å². The number of hydrogen-bond donors (Lipinski definition) is 3. The molecule has 1 atom stereocenters. The van der Waals surface area contributed by atoms with E-state index in [2.05, 4.69) is 39.3 Å². The molecule has 1 unspecified atom stereocenters. The van der Waals surface area contributed by atoms with Gasteiger partial charge in [0.1, 0.15) is 0 Å². The zero-order valence-corrected chi connectivity index (χ0v) is 18.9.